The summed E-state index contributed by atoms with van der Waals surface area (Å²) in [7, 11) is 0. The normalized spacial score (nSPS) is 18.5. The maximum Gasteiger partial charge on any atom is 0.305 e. The lowest BCUT2D eigenvalue weighted by Gasteiger charge is -2.26. The SMILES string of the molecule is CC(C)(C)c1ccc(N2C(=O)CCC2COCCC(=O)O)cc1. The quantitative estimate of drug-likeness (QED) is 0.819. The molecular weight excluding hydrogens is 294 g/mol. The van der Waals surface area contributed by atoms with Gasteiger partial charge in [0.05, 0.1) is 25.7 Å². The largest absolute Gasteiger partial charge is 0.481 e. The van der Waals surface area contributed by atoms with Gasteiger partial charge in [0.2, 0.25) is 5.91 Å². The van der Waals surface area contributed by atoms with Gasteiger partial charge in [0.25, 0.3) is 0 Å². The second-order valence-corrected chi connectivity index (χ2v) is 6.97. The molecule has 1 fully saturated rings. The average molecular weight is 319 g/mol. The minimum atomic E-state index is -0.873. The van der Waals surface area contributed by atoms with Crippen molar-refractivity contribution in [3.05, 3.63) is 29.8 Å². The molecule has 1 N–H and O–H groups in total. The van der Waals surface area contributed by atoms with Gasteiger partial charge in [0, 0.05) is 12.1 Å². The highest BCUT2D eigenvalue weighted by atomic mass is 16.5. The van der Waals surface area contributed by atoms with Crippen molar-refractivity contribution in [1.82, 2.24) is 0 Å². The number of aliphatic carboxylic acids is 1. The molecule has 0 saturated carbocycles. The maximum atomic E-state index is 12.2. The van der Waals surface area contributed by atoms with Gasteiger partial charge in [0.1, 0.15) is 0 Å². The molecular formula is C18H25NO4. The smallest absolute Gasteiger partial charge is 0.305 e. The van der Waals surface area contributed by atoms with Crippen LogP contribution in [-0.4, -0.2) is 36.2 Å². The standard InChI is InChI=1S/C18H25NO4/c1-18(2,3)13-4-6-14(7-5-13)19-15(8-9-16(19)20)12-23-11-10-17(21)22/h4-7,15H,8-12H2,1-3H3,(H,21,22). The molecule has 0 radical (unpaired) electrons. The molecule has 2 rings (SSSR count). The number of carboxylic acids is 1. The predicted octanol–water partition coefficient (Wildman–Crippen LogP) is 2.97. The lowest BCUT2D eigenvalue weighted by Crippen LogP contribution is -2.36. The summed E-state index contributed by atoms with van der Waals surface area (Å²) in [4.78, 5) is 24.5. The molecule has 1 saturated heterocycles. The van der Waals surface area contributed by atoms with Gasteiger partial charge in [-0.3, -0.25) is 9.59 Å². The number of rotatable bonds is 6. The second kappa shape index (κ2) is 7.13. The van der Waals surface area contributed by atoms with Crippen LogP contribution in [0.3, 0.4) is 0 Å². The highest BCUT2D eigenvalue weighted by Crippen LogP contribution is 2.29. The van der Waals surface area contributed by atoms with Crippen molar-refractivity contribution in [1.29, 1.82) is 0 Å². The Bertz CT molecular complexity index is 559. The number of hydrogen-bond donors (Lipinski definition) is 1. The zero-order valence-electron chi connectivity index (χ0n) is 14.0. The highest BCUT2D eigenvalue weighted by molar-refractivity contribution is 5.96. The van der Waals surface area contributed by atoms with E-state index in [-0.39, 0.29) is 30.4 Å². The van der Waals surface area contributed by atoms with Crippen molar-refractivity contribution in [2.24, 2.45) is 0 Å². The number of benzene rings is 1. The van der Waals surface area contributed by atoms with Crippen LogP contribution < -0.4 is 4.90 Å². The Balaban J connectivity index is 2.03. The lowest BCUT2D eigenvalue weighted by atomic mass is 9.87. The fraction of sp³-hybridized carbons (Fsp3) is 0.556. The van der Waals surface area contributed by atoms with Crippen molar-refractivity contribution in [3.63, 3.8) is 0 Å². The monoisotopic (exact) mass is 319 g/mol. The van der Waals surface area contributed by atoms with E-state index >= 15 is 0 Å². The number of amides is 1. The number of carboxylic acid groups (broad SMARTS) is 1. The van der Waals surface area contributed by atoms with Gasteiger partial charge in [-0.25, -0.2) is 0 Å². The van der Waals surface area contributed by atoms with E-state index in [1.165, 1.54) is 5.56 Å². The summed E-state index contributed by atoms with van der Waals surface area (Å²) in [6.07, 6.45) is 1.24. The first-order chi connectivity index (χ1) is 10.8. The Morgan fingerprint density at radius 1 is 1.30 bits per heavy atom. The van der Waals surface area contributed by atoms with Crippen molar-refractivity contribution >= 4 is 17.6 Å². The topological polar surface area (TPSA) is 66.8 Å². The molecule has 1 amide bonds. The molecule has 1 unspecified atom stereocenters. The summed E-state index contributed by atoms with van der Waals surface area (Å²) in [5, 5.41) is 8.62. The molecule has 0 spiro atoms. The minimum Gasteiger partial charge on any atom is -0.481 e. The third kappa shape index (κ3) is 4.55. The van der Waals surface area contributed by atoms with Gasteiger partial charge in [-0.05, 0) is 29.5 Å². The van der Waals surface area contributed by atoms with Crippen LogP contribution in [0.15, 0.2) is 24.3 Å². The minimum absolute atomic E-state index is 0.0130. The van der Waals surface area contributed by atoms with Crippen molar-refractivity contribution < 1.29 is 19.4 Å². The summed E-state index contributed by atoms with van der Waals surface area (Å²) in [6, 6.07) is 8.06. The van der Waals surface area contributed by atoms with Crippen LogP contribution in [0.1, 0.15) is 45.6 Å². The van der Waals surface area contributed by atoms with Crippen LogP contribution in [0.2, 0.25) is 0 Å². The van der Waals surface area contributed by atoms with Crippen molar-refractivity contribution in [2.45, 2.75) is 51.5 Å². The Hall–Kier alpha value is -1.88. The lowest BCUT2D eigenvalue weighted by molar-refractivity contribution is -0.138. The molecule has 1 heterocycles. The Labute approximate surface area is 137 Å². The van der Waals surface area contributed by atoms with E-state index in [2.05, 4.69) is 32.9 Å². The Kier molecular flexibility index (Phi) is 5.42. The molecule has 5 heteroatoms. The summed E-state index contributed by atoms with van der Waals surface area (Å²) in [5.41, 5.74) is 2.18. The molecule has 5 nitrogen and oxygen atoms in total. The average Bonchev–Trinajstić information content (AvgIpc) is 2.83. The number of anilines is 1. The van der Waals surface area contributed by atoms with Crippen LogP contribution in [0.25, 0.3) is 0 Å². The van der Waals surface area contributed by atoms with E-state index < -0.39 is 5.97 Å². The fourth-order valence-electron chi connectivity index (χ4n) is 2.76. The molecule has 1 atom stereocenters. The molecule has 23 heavy (non-hydrogen) atoms. The van der Waals surface area contributed by atoms with Crippen LogP contribution in [0.4, 0.5) is 5.69 Å². The van der Waals surface area contributed by atoms with Crippen LogP contribution in [0.5, 0.6) is 0 Å². The van der Waals surface area contributed by atoms with Gasteiger partial charge in [-0.1, -0.05) is 32.9 Å². The van der Waals surface area contributed by atoms with E-state index in [9.17, 15) is 9.59 Å². The van der Waals surface area contributed by atoms with Crippen molar-refractivity contribution in [3.8, 4) is 0 Å². The van der Waals surface area contributed by atoms with E-state index in [1.54, 1.807) is 4.90 Å². The molecule has 126 valence electrons. The first-order valence-electron chi connectivity index (χ1n) is 8.01. The van der Waals surface area contributed by atoms with Gasteiger partial charge >= 0.3 is 5.97 Å². The fourth-order valence-corrected chi connectivity index (χ4v) is 2.76. The number of carbonyl (C=O) groups excluding carboxylic acids is 1. The third-order valence-electron chi connectivity index (χ3n) is 4.11. The Morgan fingerprint density at radius 3 is 2.52 bits per heavy atom. The molecule has 1 aliphatic rings. The number of hydrogen-bond acceptors (Lipinski definition) is 3. The molecule has 0 aliphatic carbocycles. The zero-order valence-corrected chi connectivity index (χ0v) is 14.0. The van der Waals surface area contributed by atoms with Crippen LogP contribution in [0, 0.1) is 0 Å². The molecule has 1 aromatic carbocycles. The van der Waals surface area contributed by atoms with Gasteiger partial charge < -0.3 is 14.7 Å². The summed E-state index contributed by atoms with van der Waals surface area (Å²) in [6.45, 7) is 7.02. The van der Waals surface area contributed by atoms with Crippen molar-refractivity contribution in [2.75, 3.05) is 18.1 Å². The van der Waals surface area contributed by atoms with Crippen LogP contribution >= 0.6 is 0 Å². The summed E-state index contributed by atoms with van der Waals surface area (Å²) >= 11 is 0. The first kappa shape index (κ1) is 17.5. The number of carbonyl (C=O) groups is 2. The first-order valence-corrected chi connectivity index (χ1v) is 8.01. The van der Waals surface area contributed by atoms with Gasteiger partial charge in [0.15, 0.2) is 0 Å². The van der Waals surface area contributed by atoms with E-state index in [0.29, 0.717) is 13.0 Å². The Morgan fingerprint density at radius 2 is 1.96 bits per heavy atom. The van der Waals surface area contributed by atoms with E-state index in [4.69, 9.17) is 9.84 Å². The van der Waals surface area contributed by atoms with E-state index in [0.717, 1.165) is 12.1 Å². The second-order valence-electron chi connectivity index (χ2n) is 6.97. The summed E-state index contributed by atoms with van der Waals surface area (Å²) < 4.78 is 5.43. The van der Waals surface area contributed by atoms with Gasteiger partial charge in [-0.2, -0.15) is 0 Å². The molecule has 0 bridgehead atoms. The zero-order chi connectivity index (χ0) is 17.0. The summed E-state index contributed by atoms with van der Waals surface area (Å²) in [5.74, 6) is -0.775. The molecule has 0 aromatic heterocycles. The third-order valence-corrected chi connectivity index (χ3v) is 4.11. The highest BCUT2D eigenvalue weighted by Gasteiger charge is 2.32. The van der Waals surface area contributed by atoms with Crippen LogP contribution in [-0.2, 0) is 19.7 Å². The van der Waals surface area contributed by atoms with Gasteiger partial charge in [-0.15, -0.1) is 0 Å². The molecule has 1 aromatic rings. The number of nitrogens with zero attached hydrogens (tertiary/aromatic N) is 1. The number of ether oxygens (including phenoxy) is 1. The van der Waals surface area contributed by atoms with E-state index in [1.807, 2.05) is 12.1 Å². The predicted molar refractivity (Wildman–Crippen MR) is 88.7 cm³/mol. The maximum absolute atomic E-state index is 12.2. The molecule has 1 aliphatic heterocycles.